The monoisotopic (exact) mass is 428 g/mol. The SMILES string of the molecule is C[C@@H](NC(=O)c1cccc(S(=O)(=O)NC[C@@H]2CCCO2)c1)c1cc2ccccc2o1. The highest BCUT2D eigenvalue weighted by Gasteiger charge is 2.22. The topological polar surface area (TPSA) is 97.6 Å². The van der Waals surface area contributed by atoms with E-state index < -0.39 is 10.0 Å². The third-order valence-corrected chi connectivity index (χ3v) is 6.57. The van der Waals surface area contributed by atoms with Gasteiger partial charge in [-0.1, -0.05) is 24.3 Å². The Hall–Kier alpha value is -2.68. The van der Waals surface area contributed by atoms with Crippen molar-refractivity contribution in [2.75, 3.05) is 13.2 Å². The number of benzene rings is 2. The van der Waals surface area contributed by atoms with Crippen molar-refractivity contribution in [1.29, 1.82) is 0 Å². The summed E-state index contributed by atoms with van der Waals surface area (Å²) in [5, 5.41) is 3.82. The summed E-state index contributed by atoms with van der Waals surface area (Å²) in [7, 11) is -3.73. The van der Waals surface area contributed by atoms with Crippen LogP contribution in [0, 0.1) is 0 Å². The number of amides is 1. The number of carbonyl (C=O) groups excluding carboxylic acids is 1. The standard InChI is InChI=1S/C22H24N2O5S/c1-15(21-13-16-6-2-3-10-20(16)29-21)24-22(25)17-7-4-9-19(12-17)30(26,27)23-14-18-8-5-11-28-18/h2-4,6-7,9-10,12-13,15,18,23H,5,8,11,14H2,1H3,(H,24,25)/t15-,18+/m1/s1. The zero-order valence-corrected chi connectivity index (χ0v) is 17.4. The number of hydrogen-bond donors (Lipinski definition) is 2. The molecule has 1 saturated heterocycles. The molecule has 2 heterocycles. The lowest BCUT2D eigenvalue weighted by atomic mass is 10.1. The van der Waals surface area contributed by atoms with Crippen LogP contribution >= 0.6 is 0 Å². The zero-order chi connectivity index (χ0) is 21.1. The van der Waals surface area contributed by atoms with Crippen LogP contribution in [0.15, 0.2) is 63.9 Å². The van der Waals surface area contributed by atoms with Gasteiger partial charge in [-0.25, -0.2) is 13.1 Å². The molecular weight excluding hydrogens is 404 g/mol. The van der Waals surface area contributed by atoms with Gasteiger partial charge in [0.25, 0.3) is 5.91 Å². The largest absolute Gasteiger partial charge is 0.459 e. The van der Waals surface area contributed by atoms with Crippen LogP contribution in [0.2, 0.25) is 0 Å². The highest BCUT2D eigenvalue weighted by atomic mass is 32.2. The minimum atomic E-state index is -3.73. The molecule has 2 N–H and O–H groups in total. The van der Waals surface area contributed by atoms with Crippen LogP contribution < -0.4 is 10.0 Å². The van der Waals surface area contributed by atoms with Gasteiger partial charge in [0.05, 0.1) is 17.0 Å². The summed E-state index contributed by atoms with van der Waals surface area (Å²) in [6, 6.07) is 15.1. The molecule has 1 amide bonds. The molecule has 3 aromatic rings. The van der Waals surface area contributed by atoms with E-state index in [1.165, 1.54) is 12.1 Å². The number of carbonyl (C=O) groups is 1. The minimum absolute atomic E-state index is 0.0459. The van der Waals surface area contributed by atoms with E-state index in [1.807, 2.05) is 37.3 Å². The molecular formula is C22H24N2O5S. The van der Waals surface area contributed by atoms with Crippen molar-refractivity contribution in [1.82, 2.24) is 10.0 Å². The quantitative estimate of drug-likeness (QED) is 0.601. The number of hydrogen-bond acceptors (Lipinski definition) is 5. The number of nitrogens with one attached hydrogen (secondary N) is 2. The number of sulfonamides is 1. The molecule has 30 heavy (non-hydrogen) atoms. The Labute approximate surface area is 175 Å². The van der Waals surface area contributed by atoms with Gasteiger partial charge in [0, 0.05) is 24.1 Å². The number of para-hydroxylation sites is 1. The van der Waals surface area contributed by atoms with Crippen molar-refractivity contribution >= 4 is 26.9 Å². The molecule has 0 saturated carbocycles. The Bertz CT molecular complexity index is 1120. The first kappa shape index (κ1) is 20.6. The highest BCUT2D eigenvalue weighted by molar-refractivity contribution is 7.89. The van der Waals surface area contributed by atoms with E-state index in [-0.39, 0.29) is 35.1 Å². The molecule has 158 valence electrons. The average Bonchev–Trinajstić information content (AvgIpc) is 3.42. The fourth-order valence-electron chi connectivity index (χ4n) is 3.46. The van der Waals surface area contributed by atoms with Crippen molar-refractivity contribution < 1.29 is 22.4 Å². The Kier molecular flexibility index (Phi) is 5.90. The van der Waals surface area contributed by atoms with Gasteiger partial charge in [0.1, 0.15) is 11.3 Å². The summed E-state index contributed by atoms with van der Waals surface area (Å²) in [6.45, 7) is 2.70. The predicted molar refractivity (Wildman–Crippen MR) is 113 cm³/mol. The fraction of sp³-hybridized carbons (Fsp3) is 0.318. The first-order valence-electron chi connectivity index (χ1n) is 9.93. The summed E-state index contributed by atoms with van der Waals surface area (Å²) in [4.78, 5) is 12.7. The Morgan fingerprint density at radius 2 is 2.00 bits per heavy atom. The van der Waals surface area contributed by atoms with E-state index >= 15 is 0 Å². The molecule has 0 bridgehead atoms. The molecule has 0 spiro atoms. The van der Waals surface area contributed by atoms with Crippen molar-refractivity contribution in [3.05, 3.63) is 65.9 Å². The molecule has 1 fully saturated rings. The van der Waals surface area contributed by atoms with Crippen molar-refractivity contribution in [3.8, 4) is 0 Å². The highest BCUT2D eigenvalue weighted by Crippen LogP contribution is 2.24. The van der Waals surface area contributed by atoms with Crippen molar-refractivity contribution in [2.45, 2.75) is 36.8 Å². The van der Waals surface area contributed by atoms with E-state index in [1.54, 1.807) is 12.1 Å². The van der Waals surface area contributed by atoms with Crippen LogP contribution in [0.25, 0.3) is 11.0 Å². The van der Waals surface area contributed by atoms with E-state index in [4.69, 9.17) is 9.15 Å². The first-order chi connectivity index (χ1) is 14.4. The number of ether oxygens (including phenoxy) is 1. The lowest BCUT2D eigenvalue weighted by molar-refractivity contribution is 0.0935. The van der Waals surface area contributed by atoms with Gasteiger partial charge >= 0.3 is 0 Å². The second-order valence-corrected chi connectivity index (χ2v) is 9.16. The summed E-state index contributed by atoms with van der Waals surface area (Å²) < 4.78 is 39.0. The molecule has 7 nitrogen and oxygen atoms in total. The average molecular weight is 429 g/mol. The van der Waals surface area contributed by atoms with Crippen LogP contribution in [-0.2, 0) is 14.8 Å². The molecule has 1 aliphatic rings. The molecule has 0 aliphatic carbocycles. The summed E-state index contributed by atoms with van der Waals surface area (Å²) in [6.07, 6.45) is 1.67. The number of furan rings is 1. The molecule has 1 aromatic heterocycles. The van der Waals surface area contributed by atoms with Crippen LogP contribution in [-0.4, -0.2) is 33.6 Å². The van der Waals surface area contributed by atoms with E-state index in [9.17, 15) is 13.2 Å². The van der Waals surface area contributed by atoms with Gasteiger partial charge in [0.15, 0.2) is 0 Å². The summed E-state index contributed by atoms with van der Waals surface area (Å²) >= 11 is 0. The molecule has 0 radical (unpaired) electrons. The Morgan fingerprint density at radius 3 is 2.77 bits per heavy atom. The molecule has 2 aromatic carbocycles. The van der Waals surface area contributed by atoms with Gasteiger partial charge in [-0.2, -0.15) is 0 Å². The third-order valence-electron chi connectivity index (χ3n) is 5.15. The van der Waals surface area contributed by atoms with Crippen molar-refractivity contribution in [3.63, 3.8) is 0 Å². The maximum atomic E-state index is 12.7. The number of fused-ring (bicyclic) bond motifs is 1. The molecule has 0 unspecified atom stereocenters. The summed E-state index contributed by atoms with van der Waals surface area (Å²) in [5.41, 5.74) is 1.01. The normalized spacial score (nSPS) is 17.8. The van der Waals surface area contributed by atoms with Crippen molar-refractivity contribution in [2.24, 2.45) is 0 Å². The number of rotatable bonds is 7. The van der Waals surface area contributed by atoms with Crippen LogP contribution in [0.1, 0.15) is 41.9 Å². The van der Waals surface area contributed by atoms with E-state index in [2.05, 4.69) is 10.0 Å². The zero-order valence-electron chi connectivity index (χ0n) is 16.6. The molecule has 2 atom stereocenters. The van der Waals surface area contributed by atoms with Gasteiger partial charge < -0.3 is 14.5 Å². The Balaban J connectivity index is 1.45. The molecule has 8 heteroatoms. The lowest BCUT2D eigenvalue weighted by Gasteiger charge is -2.13. The van der Waals surface area contributed by atoms with Gasteiger partial charge in [-0.05, 0) is 50.1 Å². The van der Waals surface area contributed by atoms with E-state index in [0.717, 1.165) is 23.8 Å². The molecule has 4 rings (SSSR count). The first-order valence-corrected chi connectivity index (χ1v) is 11.4. The maximum Gasteiger partial charge on any atom is 0.251 e. The lowest BCUT2D eigenvalue weighted by Crippen LogP contribution is -2.32. The third kappa shape index (κ3) is 4.56. The van der Waals surface area contributed by atoms with Gasteiger partial charge in [0.2, 0.25) is 10.0 Å². The van der Waals surface area contributed by atoms with Crippen LogP contribution in [0.4, 0.5) is 0 Å². The van der Waals surface area contributed by atoms with Crippen LogP contribution in [0.5, 0.6) is 0 Å². The minimum Gasteiger partial charge on any atom is -0.459 e. The fourth-order valence-corrected chi connectivity index (χ4v) is 4.57. The van der Waals surface area contributed by atoms with Gasteiger partial charge in [-0.15, -0.1) is 0 Å². The predicted octanol–water partition coefficient (Wildman–Crippen LogP) is 3.38. The maximum absolute atomic E-state index is 12.7. The Morgan fingerprint density at radius 1 is 1.17 bits per heavy atom. The summed E-state index contributed by atoms with van der Waals surface area (Å²) in [5.74, 6) is 0.255. The molecule has 1 aliphatic heterocycles. The van der Waals surface area contributed by atoms with Crippen LogP contribution in [0.3, 0.4) is 0 Å². The second kappa shape index (κ2) is 8.59. The van der Waals surface area contributed by atoms with Gasteiger partial charge in [-0.3, -0.25) is 4.79 Å². The van der Waals surface area contributed by atoms with E-state index in [0.29, 0.717) is 12.4 Å². The smallest absolute Gasteiger partial charge is 0.251 e. The second-order valence-electron chi connectivity index (χ2n) is 7.40.